The molecule has 58 valence electrons. The zero-order valence-electron chi connectivity index (χ0n) is 5.30. The molecule has 1 aromatic rings. The van der Waals surface area contributed by atoms with Crippen molar-refractivity contribution in [3.63, 3.8) is 0 Å². The number of aromatic carboxylic acids is 1. The lowest BCUT2D eigenvalue weighted by Crippen LogP contribution is -2.23. The molecule has 0 N–H and O–H groups in total. The van der Waals surface area contributed by atoms with Crippen LogP contribution in [-0.2, 0) is 0 Å². The topological polar surface area (TPSA) is 40.1 Å². The van der Waals surface area contributed by atoms with Gasteiger partial charge in [0.05, 0.1) is 11.0 Å². The molecule has 11 heavy (non-hydrogen) atoms. The van der Waals surface area contributed by atoms with E-state index >= 15 is 0 Å². The third-order valence-corrected chi connectivity index (χ3v) is 1.46. The minimum absolute atomic E-state index is 0.216. The zero-order chi connectivity index (χ0) is 8.43. The van der Waals surface area contributed by atoms with E-state index in [9.17, 15) is 14.3 Å². The van der Waals surface area contributed by atoms with E-state index in [0.29, 0.717) is 0 Å². The van der Waals surface area contributed by atoms with Gasteiger partial charge in [-0.15, -0.1) is 0 Å². The van der Waals surface area contributed by atoms with Gasteiger partial charge in [0.15, 0.2) is 5.82 Å². The molecule has 0 atom stereocenters. The number of rotatable bonds is 1. The lowest BCUT2D eigenvalue weighted by atomic mass is 10.2. The van der Waals surface area contributed by atoms with Gasteiger partial charge in [0.2, 0.25) is 0 Å². The minimum Gasteiger partial charge on any atom is -0.545 e. The quantitative estimate of drug-likeness (QED) is 0.632. The van der Waals surface area contributed by atoms with Crippen molar-refractivity contribution in [3.05, 3.63) is 34.6 Å². The summed E-state index contributed by atoms with van der Waals surface area (Å²) in [4.78, 5) is 10.2. The molecule has 1 rings (SSSR count). The van der Waals surface area contributed by atoms with E-state index in [1.165, 1.54) is 12.1 Å². The Balaban J connectivity index is 3.27. The first-order chi connectivity index (χ1) is 5.13. The molecular weight excluding hydrogens is 171 g/mol. The van der Waals surface area contributed by atoms with Crippen LogP contribution in [0.1, 0.15) is 10.4 Å². The summed E-state index contributed by atoms with van der Waals surface area (Å²) in [6, 6.07) is 3.70. The van der Waals surface area contributed by atoms with E-state index in [1.807, 2.05) is 0 Å². The fraction of sp³-hybridized carbons (Fsp3) is 0. The van der Waals surface area contributed by atoms with Gasteiger partial charge in [-0.05, 0) is 6.07 Å². The molecule has 0 unspecified atom stereocenters. The smallest absolute Gasteiger partial charge is 0.150 e. The highest BCUT2D eigenvalue weighted by atomic mass is 35.5. The Bertz CT molecular complexity index is 298. The van der Waals surface area contributed by atoms with Crippen molar-refractivity contribution in [3.8, 4) is 0 Å². The van der Waals surface area contributed by atoms with Gasteiger partial charge < -0.3 is 9.90 Å². The van der Waals surface area contributed by atoms with Gasteiger partial charge in [0.25, 0.3) is 0 Å². The van der Waals surface area contributed by atoms with E-state index in [-0.39, 0.29) is 5.02 Å². The zero-order valence-corrected chi connectivity index (χ0v) is 6.06. The molecule has 0 fully saturated rings. The first kappa shape index (κ1) is 8.01. The van der Waals surface area contributed by atoms with Crippen LogP contribution in [0.2, 0.25) is 5.02 Å². The summed E-state index contributed by atoms with van der Waals surface area (Å²) in [6.45, 7) is 0. The highest BCUT2D eigenvalue weighted by Crippen LogP contribution is 2.16. The maximum Gasteiger partial charge on any atom is 0.150 e. The molecule has 0 heterocycles. The van der Waals surface area contributed by atoms with Gasteiger partial charge in [-0.25, -0.2) is 4.39 Å². The summed E-state index contributed by atoms with van der Waals surface area (Å²) < 4.78 is 12.7. The number of benzene rings is 1. The summed E-state index contributed by atoms with van der Waals surface area (Å²) in [6.07, 6.45) is 0. The highest BCUT2D eigenvalue weighted by Gasteiger charge is 2.05. The fourth-order valence-electron chi connectivity index (χ4n) is 0.661. The predicted octanol–water partition coefficient (Wildman–Crippen LogP) is 0.843. The van der Waals surface area contributed by atoms with E-state index < -0.39 is 17.3 Å². The Morgan fingerprint density at radius 3 is 2.64 bits per heavy atom. The normalized spacial score (nSPS) is 9.64. The molecule has 0 amide bonds. The standard InChI is InChI=1S/C7H4ClFO2/c8-5-3-1-2-4(6(5)9)7(10)11/h1-3H,(H,10,11)/p-1. The molecule has 0 saturated heterocycles. The van der Waals surface area contributed by atoms with Crippen LogP contribution < -0.4 is 5.11 Å². The number of carboxylic acids is 1. The van der Waals surface area contributed by atoms with E-state index in [4.69, 9.17) is 11.6 Å². The van der Waals surface area contributed by atoms with Crippen LogP contribution in [0.25, 0.3) is 0 Å². The summed E-state index contributed by atoms with van der Waals surface area (Å²) >= 11 is 5.29. The number of halogens is 2. The van der Waals surface area contributed by atoms with Gasteiger partial charge in [0.1, 0.15) is 0 Å². The molecule has 0 aliphatic carbocycles. The van der Waals surface area contributed by atoms with Crippen molar-refractivity contribution >= 4 is 17.6 Å². The van der Waals surface area contributed by atoms with Crippen LogP contribution in [0.4, 0.5) is 4.39 Å². The molecule has 0 bridgehead atoms. The molecule has 0 aromatic heterocycles. The molecule has 0 aliphatic rings. The molecular formula is C7H3ClFO2-. The minimum atomic E-state index is -1.56. The molecule has 0 aliphatic heterocycles. The number of carbonyl (C=O) groups is 1. The van der Waals surface area contributed by atoms with Gasteiger partial charge >= 0.3 is 0 Å². The molecule has 0 spiro atoms. The number of carbonyl (C=O) groups excluding carboxylic acids is 1. The molecule has 2 nitrogen and oxygen atoms in total. The SMILES string of the molecule is O=C([O-])c1cccc(Cl)c1F. The lowest BCUT2D eigenvalue weighted by Gasteiger charge is -2.03. The second-order valence-electron chi connectivity index (χ2n) is 1.89. The van der Waals surface area contributed by atoms with Crippen molar-refractivity contribution in [2.24, 2.45) is 0 Å². The van der Waals surface area contributed by atoms with Crippen molar-refractivity contribution in [1.82, 2.24) is 0 Å². The largest absolute Gasteiger partial charge is 0.545 e. The van der Waals surface area contributed by atoms with E-state index in [2.05, 4.69) is 0 Å². The number of carboxylic acid groups (broad SMARTS) is 1. The first-order valence-corrected chi connectivity index (χ1v) is 3.16. The second-order valence-corrected chi connectivity index (χ2v) is 2.30. The summed E-state index contributed by atoms with van der Waals surface area (Å²) in [5, 5.41) is 9.95. The van der Waals surface area contributed by atoms with Crippen LogP contribution >= 0.6 is 11.6 Å². The van der Waals surface area contributed by atoms with Gasteiger partial charge in [-0.3, -0.25) is 0 Å². The Morgan fingerprint density at radius 1 is 1.55 bits per heavy atom. The lowest BCUT2D eigenvalue weighted by molar-refractivity contribution is -0.255. The summed E-state index contributed by atoms with van der Waals surface area (Å²) in [5.41, 5.74) is -0.516. The highest BCUT2D eigenvalue weighted by molar-refractivity contribution is 6.31. The average Bonchev–Trinajstić information content (AvgIpc) is 1.94. The molecule has 0 radical (unpaired) electrons. The van der Waals surface area contributed by atoms with Crippen molar-refractivity contribution in [2.45, 2.75) is 0 Å². The Labute approximate surface area is 67.2 Å². The van der Waals surface area contributed by atoms with Crippen LogP contribution in [0, 0.1) is 5.82 Å². The van der Waals surface area contributed by atoms with Crippen LogP contribution in [0.15, 0.2) is 18.2 Å². The summed E-state index contributed by atoms with van der Waals surface area (Å²) in [7, 11) is 0. The second kappa shape index (κ2) is 2.88. The predicted molar refractivity (Wildman–Crippen MR) is 35.7 cm³/mol. The number of hydrogen-bond donors (Lipinski definition) is 0. The molecule has 0 saturated carbocycles. The summed E-state index contributed by atoms with van der Waals surface area (Å²) in [5.74, 6) is -2.51. The molecule has 1 aromatic carbocycles. The van der Waals surface area contributed by atoms with Crippen LogP contribution in [0.5, 0.6) is 0 Å². The van der Waals surface area contributed by atoms with E-state index in [1.54, 1.807) is 0 Å². The van der Waals surface area contributed by atoms with Crippen molar-refractivity contribution in [1.29, 1.82) is 0 Å². The van der Waals surface area contributed by atoms with Gasteiger partial charge in [-0.2, -0.15) is 0 Å². The maximum atomic E-state index is 12.7. The van der Waals surface area contributed by atoms with Crippen molar-refractivity contribution in [2.75, 3.05) is 0 Å². The van der Waals surface area contributed by atoms with Gasteiger partial charge in [0, 0.05) is 5.56 Å². The third-order valence-electron chi connectivity index (χ3n) is 1.17. The number of hydrogen-bond acceptors (Lipinski definition) is 2. The fourth-order valence-corrected chi connectivity index (χ4v) is 0.836. The van der Waals surface area contributed by atoms with E-state index in [0.717, 1.165) is 6.07 Å². The Hall–Kier alpha value is -1.09. The van der Waals surface area contributed by atoms with Crippen molar-refractivity contribution < 1.29 is 14.3 Å². The van der Waals surface area contributed by atoms with Gasteiger partial charge in [-0.1, -0.05) is 23.7 Å². The Morgan fingerprint density at radius 2 is 2.18 bits per heavy atom. The maximum absolute atomic E-state index is 12.7. The Kier molecular flexibility index (Phi) is 2.10. The van der Waals surface area contributed by atoms with Crippen LogP contribution in [-0.4, -0.2) is 5.97 Å². The average molecular weight is 174 g/mol. The van der Waals surface area contributed by atoms with Crippen LogP contribution in [0.3, 0.4) is 0 Å². The molecule has 4 heteroatoms. The first-order valence-electron chi connectivity index (χ1n) is 2.78. The monoisotopic (exact) mass is 173 g/mol. The third kappa shape index (κ3) is 1.49.